The summed E-state index contributed by atoms with van der Waals surface area (Å²) in [4.78, 5) is 0. The predicted octanol–water partition coefficient (Wildman–Crippen LogP) is 2.82. The average Bonchev–Trinajstić information content (AvgIpc) is 2.32. The van der Waals surface area contributed by atoms with E-state index in [0.29, 0.717) is 18.0 Å². The topological polar surface area (TPSA) is 29.1 Å². The molecule has 2 rings (SSSR count). The molecular formula is C15H22FNOS. The SMILES string of the molecule is CC(CCS(C)=O)NC1CC(c2ccc(F)cc2)C1. The third-order valence-corrected chi connectivity index (χ3v) is 4.65. The highest BCUT2D eigenvalue weighted by molar-refractivity contribution is 7.84. The molecule has 4 heteroatoms. The Morgan fingerprint density at radius 1 is 1.37 bits per heavy atom. The summed E-state index contributed by atoms with van der Waals surface area (Å²) in [7, 11) is -0.699. The van der Waals surface area contributed by atoms with Gasteiger partial charge in [-0.2, -0.15) is 0 Å². The van der Waals surface area contributed by atoms with E-state index in [-0.39, 0.29) is 5.82 Å². The molecule has 1 N–H and O–H groups in total. The minimum Gasteiger partial charge on any atom is -0.311 e. The van der Waals surface area contributed by atoms with Crippen molar-refractivity contribution in [1.29, 1.82) is 0 Å². The van der Waals surface area contributed by atoms with E-state index in [4.69, 9.17) is 0 Å². The molecule has 2 nitrogen and oxygen atoms in total. The van der Waals surface area contributed by atoms with Crippen molar-refractivity contribution >= 4 is 10.8 Å². The maximum Gasteiger partial charge on any atom is 0.123 e. The molecule has 1 aromatic rings. The van der Waals surface area contributed by atoms with Gasteiger partial charge in [0, 0.05) is 34.9 Å². The molecule has 1 aliphatic rings. The number of benzene rings is 1. The fourth-order valence-electron chi connectivity index (χ4n) is 2.59. The van der Waals surface area contributed by atoms with Gasteiger partial charge in [0.25, 0.3) is 0 Å². The van der Waals surface area contributed by atoms with Crippen LogP contribution in [-0.4, -0.2) is 28.3 Å². The molecule has 0 aliphatic heterocycles. The first kappa shape index (κ1) is 14.7. The molecule has 0 amide bonds. The molecule has 1 fully saturated rings. The van der Waals surface area contributed by atoms with E-state index in [1.807, 2.05) is 12.1 Å². The van der Waals surface area contributed by atoms with E-state index in [1.54, 1.807) is 6.26 Å². The second-order valence-electron chi connectivity index (χ2n) is 5.55. The summed E-state index contributed by atoms with van der Waals surface area (Å²) in [5.74, 6) is 1.16. The van der Waals surface area contributed by atoms with Crippen LogP contribution in [0.4, 0.5) is 4.39 Å². The normalized spacial score (nSPS) is 25.6. The van der Waals surface area contributed by atoms with Crippen molar-refractivity contribution in [1.82, 2.24) is 5.32 Å². The van der Waals surface area contributed by atoms with Crippen molar-refractivity contribution in [3.63, 3.8) is 0 Å². The van der Waals surface area contributed by atoms with Gasteiger partial charge in [-0.3, -0.25) is 4.21 Å². The van der Waals surface area contributed by atoms with Gasteiger partial charge in [0.2, 0.25) is 0 Å². The number of hydrogen-bond donors (Lipinski definition) is 1. The second-order valence-corrected chi connectivity index (χ2v) is 7.11. The molecule has 0 bridgehead atoms. The first-order valence-electron chi connectivity index (χ1n) is 6.86. The van der Waals surface area contributed by atoms with Crippen LogP contribution in [0.25, 0.3) is 0 Å². The van der Waals surface area contributed by atoms with Crippen molar-refractivity contribution in [2.75, 3.05) is 12.0 Å². The summed E-state index contributed by atoms with van der Waals surface area (Å²) in [5, 5.41) is 3.57. The van der Waals surface area contributed by atoms with Crippen LogP contribution in [0.1, 0.15) is 37.7 Å². The maximum atomic E-state index is 12.8. The molecule has 106 valence electrons. The Labute approximate surface area is 117 Å². The third-order valence-electron chi connectivity index (χ3n) is 3.84. The van der Waals surface area contributed by atoms with Crippen LogP contribution < -0.4 is 5.32 Å². The predicted molar refractivity (Wildman–Crippen MR) is 78.3 cm³/mol. The van der Waals surface area contributed by atoms with Crippen LogP contribution in [0.5, 0.6) is 0 Å². The molecule has 1 aromatic carbocycles. The van der Waals surface area contributed by atoms with E-state index in [9.17, 15) is 8.60 Å². The summed E-state index contributed by atoms with van der Waals surface area (Å²) in [5.41, 5.74) is 1.24. The van der Waals surface area contributed by atoms with Gasteiger partial charge in [-0.05, 0) is 49.8 Å². The fourth-order valence-corrected chi connectivity index (χ4v) is 3.27. The van der Waals surface area contributed by atoms with Gasteiger partial charge in [-0.15, -0.1) is 0 Å². The average molecular weight is 283 g/mol. The van der Waals surface area contributed by atoms with Crippen LogP contribution >= 0.6 is 0 Å². The first-order valence-corrected chi connectivity index (χ1v) is 8.59. The van der Waals surface area contributed by atoms with Crippen molar-refractivity contribution in [2.24, 2.45) is 0 Å². The number of halogens is 1. The first-order chi connectivity index (χ1) is 9.04. The van der Waals surface area contributed by atoms with Gasteiger partial charge in [-0.25, -0.2) is 4.39 Å². The van der Waals surface area contributed by atoms with E-state index in [2.05, 4.69) is 12.2 Å². The summed E-state index contributed by atoms with van der Waals surface area (Å²) in [6.45, 7) is 2.15. The minimum absolute atomic E-state index is 0.168. The number of rotatable bonds is 6. The lowest BCUT2D eigenvalue weighted by atomic mass is 9.75. The van der Waals surface area contributed by atoms with Crippen LogP contribution in [-0.2, 0) is 10.8 Å². The van der Waals surface area contributed by atoms with Gasteiger partial charge >= 0.3 is 0 Å². The highest BCUT2D eigenvalue weighted by Gasteiger charge is 2.30. The Kier molecular flexibility index (Phi) is 5.11. The van der Waals surface area contributed by atoms with E-state index in [1.165, 1.54) is 17.7 Å². The Balaban J connectivity index is 1.71. The smallest absolute Gasteiger partial charge is 0.123 e. The van der Waals surface area contributed by atoms with Gasteiger partial charge in [0.1, 0.15) is 5.82 Å². The molecule has 0 spiro atoms. The zero-order valence-corrected chi connectivity index (χ0v) is 12.4. The third kappa shape index (κ3) is 4.39. The fraction of sp³-hybridized carbons (Fsp3) is 0.600. The van der Waals surface area contributed by atoms with Crippen molar-refractivity contribution in [3.8, 4) is 0 Å². The lowest BCUT2D eigenvalue weighted by Gasteiger charge is -2.38. The highest BCUT2D eigenvalue weighted by atomic mass is 32.2. The number of hydrogen-bond acceptors (Lipinski definition) is 2. The summed E-state index contributed by atoms with van der Waals surface area (Å²) in [6, 6.07) is 7.82. The summed E-state index contributed by atoms with van der Waals surface area (Å²) in [6.07, 6.45) is 4.94. The lowest BCUT2D eigenvalue weighted by molar-refractivity contribution is 0.267. The van der Waals surface area contributed by atoms with Gasteiger partial charge in [0.05, 0.1) is 0 Å². The van der Waals surface area contributed by atoms with Crippen molar-refractivity contribution in [3.05, 3.63) is 35.6 Å². The van der Waals surface area contributed by atoms with Gasteiger partial charge in [0.15, 0.2) is 0 Å². The van der Waals surface area contributed by atoms with Crippen LogP contribution in [0.15, 0.2) is 24.3 Å². The second kappa shape index (κ2) is 6.62. The van der Waals surface area contributed by atoms with Gasteiger partial charge in [-0.1, -0.05) is 12.1 Å². The molecule has 2 atom stereocenters. The quantitative estimate of drug-likeness (QED) is 0.870. The number of nitrogens with one attached hydrogen (secondary N) is 1. The molecule has 0 saturated heterocycles. The standard InChI is InChI=1S/C15H22FNOS/c1-11(7-8-19(2)18)17-15-9-13(10-15)12-3-5-14(16)6-4-12/h3-6,11,13,15,17H,7-10H2,1-2H3. The molecule has 0 aromatic heterocycles. The molecule has 0 heterocycles. The molecule has 2 unspecified atom stereocenters. The highest BCUT2D eigenvalue weighted by Crippen LogP contribution is 2.37. The van der Waals surface area contributed by atoms with Crippen molar-refractivity contribution in [2.45, 2.75) is 44.2 Å². The van der Waals surface area contributed by atoms with Crippen LogP contribution in [0, 0.1) is 5.82 Å². The summed E-state index contributed by atoms with van der Waals surface area (Å²) < 4.78 is 23.9. The summed E-state index contributed by atoms with van der Waals surface area (Å²) >= 11 is 0. The monoisotopic (exact) mass is 283 g/mol. The van der Waals surface area contributed by atoms with E-state index >= 15 is 0 Å². The van der Waals surface area contributed by atoms with Crippen LogP contribution in [0.2, 0.25) is 0 Å². The lowest BCUT2D eigenvalue weighted by Crippen LogP contribution is -2.44. The van der Waals surface area contributed by atoms with Gasteiger partial charge < -0.3 is 5.32 Å². The minimum atomic E-state index is -0.699. The van der Waals surface area contributed by atoms with E-state index in [0.717, 1.165) is 25.0 Å². The molecule has 0 radical (unpaired) electrons. The Morgan fingerprint density at radius 2 is 2.00 bits per heavy atom. The Morgan fingerprint density at radius 3 is 2.58 bits per heavy atom. The van der Waals surface area contributed by atoms with Crippen LogP contribution in [0.3, 0.4) is 0 Å². The molecule has 19 heavy (non-hydrogen) atoms. The zero-order valence-electron chi connectivity index (χ0n) is 11.6. The molecule has 1 aliphatic carbocycles. The zero-order chi connectivity index (χ0) is 13.8. The molecular weight excluding hydrogens is 261 g/mol. The Bertz CT molecular complexity index is 428. The molecule has 1 saturated carbocycles. The Hall–Kier alpha value is -0.740. The maximum absolute atomic E-state index is 12.8. The van der Waals surface area contributed by atoms with Crippen molar-refractivity contribution < 1.29 is 8.60 Å². The van der Waals surface area contributed by atoms with E-state index < -0.39 is 10.8 Å². The largest absolute Gasteiger partial charge is 0.311 e.